The predicted octanol–water partition coefficient (Wildman–Crippen LogP) is 4.27. The fraction of sp³-hybridized carbons (Fsp3) is 0.240. The molecule has 0 aliphatic carbocycles. The molecule has 6 heteroatoms. The van der Waals surface area contributed by atoms with Gasteiger partial charge in [-0.05, 0) is 54.3 Å². The summed E-state index contributed by atoms with van der Waals surface area (Å²) in [6, 6.07) is 23.8. The van der Waals surface area contributed by atoms with E-state index in [1.54, 1.807) is 36.2 Å². The summed E-state index contributed by atoms with van der Waals surface area (Å²) in [5.41, 5.74) is 3.56. The number of amides is 1. The average Bonchev–Trinajstić information content (AvgIpc) is 2.83. The second-order valence-corrected chi connectivity index (χ2v) is 9.88. The van der Waals surface area contributed by atoms with Crippen molar-refractivity contribution in [2.24, 2.45) is 0 Å². The minimum atomic E-state index is -3.68. The van der Waals surface area contributed by atoms with Crippen molar-refractivity contribution in [1.82, 2.24) is 9.21 Å². The maximum atomic E-state index is 13.3. The van der Waals surface area contributed by atoms with E-state index >= 15 is 0 Å². The largest absolute Gasteiger partial charge is 0.334 e. The van der Waals surface area contributed by atoms with Crippen molar-refractivity contribution in [2.75, 3.05) is 13.6 Å². The first-order valence-electron chi connectivity index (χ1n) is 10.4. The summed E-state index contributed by atoms with van der Waals surface area (Å²) in [6.07, 6.45) is 0.713. The number of hydrogen-bond acceptors (Lipinski definition) is 3. The fourth-order valence-electron chi connectivity index (χ4n) is 3.95. The first-order chi connectivity index (χ1) is 14.9. The van der Waals surface area contributed by atoms with Gasteiger partial charge in [0.25, 0.3) is 5.91 Å². The number of nitrogens with zero attached hydrogens (tertiary/aromatic N) is 2. The molecule has 5 nitrogen and oxygen atoms in total. The van der Waals surface area contributed by atoms with Crippen LogP contribution in [0.4, 0.5) is 0 Å². The first-order valence-corrected chi connectivity index (χ1v) is 11.8. The summed E-state index contributed by atoms with van der Waals surface area (Å²) in [4.78, 5) is 14.9. The predicted molar refractivity (Wildman–Crippen MR) is 121 cm³/mol. The van der Waals surface area contributed by atoms with Crippen LogP contribution >= 0.6 is 0 Å². The molecule has 1 heterocycles. The molecule has 31 heavy (non-hydrogen) atoms. The summed E-state index contributed by atoms with van der Waals surface area (Å²) in [7, 11) is -2.07. The Hall–Kier alpha value is -2.96. The minimum absolute atomic E-state index is 0.0330. The summed E-state index contributed by atoms with van der Waals surface area (Å²) in [5.74, 6) is -0.0330. The van der Waals surface area contributed by atoms with Crippen LogP contribution in [-0.4, -0.2) is 37.1 Å². The van der Waals surface area contributed by atoms with Gasteiger partial charge in [-0.2, -0.15) is 4.31 Å². The highest BCUT2D eigenvalue weighted by Crippen LogP contribution is 2.29. The van der Waals surface area contributed by atoms with Crippen molar-refractivity contribution in [3.05, 3.63) is 101 Å². The van der Waals surface area contributed by atoms with Crippen LogP contribution in [0.1, 0.15) is 40.0 Å². The zero-order valence-corrected chi connectivity index (χ0v) is 18.5. The molecule has 0 spiro atoms. The first kappa shape index (κ1) is 21.3. The van der Waals surface area contributed by atoms with Crippen LogP contribution in [0.25, 0.3) is 0 Å². The monoisotopic (exact) mass is 434 g/mol. The third kappa shape index (κ3) is 4.27. The van der Waals surface area contributed by atoms with E-state index in [1.165, 1.54) is 4.31 Å². The zero-order chi connectivity index (χ0) is 22.0. The van der Waals surface area contributed by atoms with Gasteiger partial charge in [0, 0.05) is 31.7 Å². The SMILES string of the molecule is CC(c1ccccc1)N(C)S(=O)(=O)c1ccc2c(c1)CN(C(=O)c1ccccc1)CC2. The third-order valence-electron chi connectivity index (χ3n) is 6.00. The number of sulfonamides is 1. The molecule has 0 saturated heterocycles. The number of fused-ring (bicyclic) bond motifs is 1. The molecule has 4 rings (SSSR count). The van der Waals surface area contributed by atoms with Crippen molar-refractivity contribution in [3.63, 3.8) is 0 Å². The lowest BCUT2D eigenvalue weighted by molar-refractivity contribution is 0.0734. The van der Waals surface area contributed by atoms with Crippen LogP contribution in [0.15, 0.2) is 83.8 Å². The Bertz CT molecular complexity index is 1180. The summed E-state index contributed by atoms with van der Waals surface area (Å²) in [5, 5.41) is 0. The van der Waals surface area contributed by atoms with E-state index in [-0.39, 0.29) is 16.8 Å². The Balaban J connectivity index is 1.58. The molecule has 1 unspecified atom stereocenters. The Kier molecular flexibility index (Phi) is 5.94. The molecular weight excluding hydrogens is 408 g/mol. The van der Waals surface area contributed by atoms with Gasteiger partial charge in [0.2, 0.25) is 10.0 Å². The van der Waals surface area contributed by atoms with Gasteiger partial charge in [-0.15, -0.1) is 0 Å². The molecule has 3 aromatic carbocycles. The molecule has 0 N–H and O–H groups in total. The maximum Gasteiger partial charge on any atom is 0.254 e. The smallest absolute Gasteiger partial charge is 0.254 e. The van der Waals surface area contributed by atoms with Gasteiger partial charge in [-0.25, -0.2) is 8.42 Å². The van der Waals surface area contributed by atoms with E-state index in [2.05, 4.69) is 0 Å². The topological polar surface area (TPSA) is 57.7 Å². The highest BCUT2D eigenvalue weighted by Gasteiger charge is 2.28. The minimum Gasteiger partial charge on any atom is -0.334 e. The fourth-order valence-corrected chi connectivity index (χ4v) is 5.35. The van der Waals surface area contributed by atoms with Crippen molar-refractivity contribution >= 4 is 15.9 Å². The van der Waals surface area contributed by atoms with Gasteiger partial charge >= 0.3 is 0 Å². The molecule has 1 aliphatic heterocycles. The second-order valence-electron chi connectivity index (χ2n) is 7.88. The van der Waals surface area contributed by atoms with E-state index in [0.717, 1.165) is 16.7 Å². The number of benzene rings is 3. The van der Waals surface area contributed by atoms with Crippen molar-refractivity contribution in [3.8, 4) is 0 Å². The highest BCUT2D eigenvalue weighted by molar-refractivity contribution is 7.89. The molecule has 1 aliphatic rings. The van der Waals surface area contributed by atoms with E-state index in [1.807, 2.05) is 61.5 Å². The normalized spacial score (nSPS) is 14.9. The molecule has 1 amide bonds. The van der Waals surface area contributed by atoms with Gasteiger partial charge in [0.05, 0.1) is 4.90 Å². The Morgan fingerprint density at radius 3 is 2.26 bits per heavy atom. The molecule has 0 fully saturated rings. The van der Waals surface area contributed by atoms with Gasteiger partial charge in [0.1, 0.15) is 0 Å². The van der Waals surface area contributed by atoms with Gasteiger partial charge in [0.15, 0.2) is 0 Å². The van der Waals surface area contributed by atoms with Crippen LogP contribution in [0, 0.1) is 0 Å². The standard InChI is InChI=1S/C25H26N2O3S/c1-19(20-9-5-3-6-10-20)26(2)31(29,30)24-14-13-21-15-16-27(18-23(21)17-24)25(28)22-11-7-4-8-12-22/h3-14,17,19H,15-16,18H2,1-2H3. The van der Waals surface area contributed by atoms with Crippen molar-refractivity contribution < 1.29 is 13.2 Å². The van der Waals surface area contributed by atoms with E-state index < -0.39 is 10.0 Å². The van der Waals surface area contributed by atoms with E-state index in [9.17, 15) is 13.2 Å². The summed E-state index contributed by atoms with van der Waals surface area (Å²) < 4.78 is 28.0. The number of carbonyl (C=O) groups excluding carboxylic acids is 1. The van der Waals surface area contributed by atoms with Gasteiger partial charge in [-0.3, -0.25) is 4.79 Å². The van der Waals surface area contributed by atoms with Gasteiger partial charge < -0.3 is 4.90 Å². The molecule has 1 atom stereocenters. The number of hydrogen-bond donors (Lipinski definition) is 0. The van der Waals surface area contributed by atoms with Crippen LogP contribution in [-0.2, 0) is 23.0 Å². The van der Waals surface area contributed by atoms with Crippen LogP contribution in [0.2, 0.25) is 0 Å². The molecule has 3 aromatic rings. The average molecular weight is 435 g/mol. The van der Waals surface area contributed by atoms with Crippen LogP contribution in [0.3, 0.4) is 0 Å². The Morgan fingerprint density at radius 1 is 0.935 bits per heavy atom. The molecule has 0 saturated carbocycles. The Morgan fingerprint density at radius 2 is 1.58 bits per heavy atom. The van der Waals surface area contributed by atoms with E-state index in [0.29, 0.717) is 25.1 Å². The maximum absolute atomic E-state index is 13.3. The van der Waals surface area contributed by atoms with Crippen LogP contribution < -0.4 is 0 Å². The molecule has 0 bridgehead atoms. The number of rotatable bonds is 5. The molecular formula is C25H26N2O3S. The lowest BCUT2D eigenvalue weighted by atomic mass is 9.99. The molecule has 160 valence electrons. The summed E-state index contributed by atoms with van der Waals surface area (Å²) in [6.45, 7) is 2.91. The van der Waals surface area contributed by atoms with Crippen molar-refractivity contribution in [1.29, 1.82) is 0 Å². The van der Waals surface area contributed by atoms with Crippen molar-refractivity contribution in [2.45, 2.75) is 30.8 Å². The second kappa shape index (κ2) is 8.65. The number of carbonyl (C=O) groups is 1. The molecule has 0 radical (unpaired) electrons. The highest BCUT2D eigenvalue weighted by atomic mass is 32.2. The zero-order valence-electron chi connectivity index (χ0n) is 17.7. The van der Waals surface area contributed by atoms with E-state index in [4.69, 9.17) is 0 Å². The Labute approximate surface area is 184 Å². The third-order valence-corrected chi connectivity index (χ3v) is 7.93. The van der Waals surface area contributed by atoms with Crippen LogP contribution in [0.5, 0.6) is 0 Å². The summed E-state index contributed by atoms with van der Waals surface area (Å²) >= 11 is 0. The van der Waals surface area contributed by atoms with Gasteiger partial charge in [-0.1, -0.05) is 54.6 Å². The quantitative estimate of drug-likeness (QED) is 0.603. The molecule has 0 aromatic heterocycles. The lowest BCUT2D eigenvalue weighted by Crippen LogP contribution is -2.36. The lowest BCUT2D eigenvalue weighted by Gasteiger charge is -2.30.